The SMILES string of the molecule is CCCCCC1NC(=O)CSCC(C(C)=O)NC(=O)C(Cc2ccc(O)cc2)NC(=O)C2CSSCC(NC1=O)C(=O)NC(CCCN=C(N)N)C(=O)NCC(=O)NC(CC(=O)O)C(=O)N2. The number of fused-ring (bicyclic) bond motifs is 5. The number of aromatic hydroxyl groups is 1. The minimum Gasteiger partial charge on any atom is -0.508 e. The monoisotopic (exact) mass is 981 g/mol. The number of phenolic OH excluding ortho intramolecular Hbond substituents is 1. The van der Waals surface area contributed by atoms with Crippen LogP contribution >= 0.6 is 33.3 Å². The number of hydrogen-bond acceptors (Lipinski definition) is 15. The second-order valence-electron chi connectivity index (χ2n) is 15.4. The molecule has 0 saturated carbocycles. The molecule has 0 aromatic heterocycles. The summed E-state index contributed by atoms with van der Waals surface area (Å²) >= 11 is 0.993. The Kier molecular flexibility index (Phi) is 23.4. The van der Waals surface area contributed by atoms with Crippen LogP contribution in [0.1, 0.15) is 64.4 Å². The van der Waals surface area contributed by atoms with E-state index in [4.69, 9.17) is 11.5 Å². The number of ketones is 1. The van der Waals surface area contributed by atoms with Crippen LogP contribution in [0.15, 0.2) is 29.3 Å². The summed E-state index contributed by atoms with van der Waals surface area (Å²) in [5.74, 6) is -9.91. The highest BCUT2D eigenvalue weighted by Crippen LogP contribution is 2.24. The van der Waals surface area contributed by atoms with Crippen LogP contribution in [-0.4, -0.2) is 154 Å². The summed E-state index contributed by atoms with van der Waals surface area (Å²) in [6.45, 7) is 2.45. The van der Waals surface area contributed by atoms with Crippen LogP contribution in [0.4, 0.5) is 0 Å². The number of carbonyl (C=O) groups excluding carboxylic acids is 9. The lowest BCUT2D eigenvalue weighted by atomic mass is 10.0. The molecule has 1 aromatic rings. The van der Waals surface area contributed by atoms with Crippen molar-refractivity contribution in [2.24, 2.45) is 16.5 Å². The number of aliphatic imine (C=N–C) groups is 1. The predicted molar refractivity (Wildman–Crippen MR) is 248 cm³/mol. The lowest BCUT2D eigenvalue weighted by Gasteiger charge is -2.27. The minimum absolute atomic E-state index is 0.0526. The van der Waals surface area contributed by atoms with Crippen LogP contribution in [0.5, 0.6) is 5.75 Å². The third kappa shape index (κ3) is 19.8. The van der Waals surface area contributed by atoms with Crippen molar-refractivity contribution in [3.63, 3.8) is 0 Å². The van der Waals surface area contributed by atoms with Gasteiger partial charge in [-0.2, -0.15) is 0 Å². The Bertz CT molecular complexity index is 1940. The summed E-state index contributed by atoms with van der Waals surface area (Å²) < 4.78 is 0. The van der Waals surface area contributed by atoms with E-state index in [9.17, 15) is 58.2 Å². The van der Waals surface area contributed by atoms with E-state index in [1.165, 1.54) is 31.2 Å². The fraction of sp³-hybridized carbons (Fsp3) is 0.575. The Hall–Kier alpha value is -5.76. The van der Waals surface area contributed by atoms with E-state index < -0.39 is 114 Å². The van der Waals surface area contributed by atoms with Crippen molar-refractivity contribution >= 4 is 98.3 Å². The average Bonchev–Trinajstić information content (AvgIpc) is 3.25. The zero-order valence-electron chi connectivity index (χ0n) is 36.6. The number of guanidine groups is 1. The number of phenols is 1. The van der Waals surface area contributed by atoms with Gasteiger partial charge >= 0.3 is 5.97 Å². The number of thioether (sulfide) groups is 1. The summed E-state index contributed by atoms with van der Waals surface area (Å²) in [7, 11) is 1.93. The van der Waals surface area contributed by atoms with Gasteiger partial charge in [0, 0.05) is 30.2 Å². The van der Waals surface area contributed by atoms with Gasteiger partial charge in [0.05, 0.1) is 24.8 Å². The third-order valence-electron chi connectivity index (χ3n) is 9.93. The number of nitrogens with two attached hydrogens (primary N) is 2. The molecule has 2 fully saturated rings. The van der Waals surface area contributed by atoms with Gasteiger partial charge in [-0.3, -0.25) is 52.9 Å². The maximum absolute atomic E-state index is 14.2. The van der Waals surface area contributed by atoms with Gasteiger partial charge in [0.15, 0.2) is 11.7 Å². The molecule has 66 heavy (non-hydrogen) atoms. The first-order chi connectivity index (χ1) is 31.4. The zero-order valence-corrected chi connectivity index (χ0v) is 39.0. The number of carboxylic acids is 1. The second kappa shape index (κ2) is 28.3. The number of carboxylic acid groups (broad SMARTS) is 1. The highest BCUT2D eigenvalue weighted by atomic mass is 33.1. The highest BCUT2D eigenvalue weighted by molar-refractivity contribution is 8.76. The van der Waals surface area contributed by atoms with Gasteiger partial charge in [0.1, 0.15) is 42.0 Å². The number of benzene rings is 1. The van der Waals surface area contributed by atoms with Crippen LogP contribution in [0, 0.1) is 0 Å². The molecular weight excluding hydrogens is 923 g/mol. The molecule has 7 atom stereocenters. The molecule has 23 nitrogen and oxygen atoms in total. The molecule has 364 valence electrons. The van der Waals surface area contributed by atoms with Crippen LogP contribution in [0.3, 0.4) is 0 Å². The molecule has 0 spiro atoms. The largest absolute Gasteiger partial charge is 0.508 e. The number of hydrogen-bond donors (Lipinski definition) is 12. The number of carbonyl (C=O) groups is 10. The summed E-state index contributed by atoms with van der Waals surface area (Å²) in [5, 5.41) is 39.8. The van der Waals surface area contributed by atoms with E-state index in [-0.39, 0.29) is 66.9 Å². The summed E-state index contributed by atoms with van der Waals surface area (Å²) in [5.41, 5.74) is 11.3. The van der Waals surface area contributed by atoms with Gasteiger partial charge in [-0.05, 0) is 43.9 Å². The van der Waals surface area contributed by atoms with Gasteiger partial charge < -0.3 is 64.2 Å². The van der Waals surface area contributed by atoms with Crippen molar-refractivity contribution in [2.75, 3.05) is 36.1 Å². The van der Waals surface area contributed by atoms with Gasteiger partial charge in [-0.1, -0.05) is 59.9 Å². The minimum atomic E-state index is -1.76. The topological polar surface area (TPSA) is 372 Å². The smallest absolute Gasteiger partial charge is 0.305 e. The molecule has 3 rings (SSSR count). The van der Waals surface area contributed by atoms with E-state index >= 15 is 0 Å². The van der Waals surface area contributed by atoms with Crippen molar-refractivity contribution < 1.29 is 58.2 Å². The maximum Gasteiger partial charge on any atom is 0.305 e. The molecule has 14 N–H and O–H groups in total. The highest BCUT2D eigenvalue weighted by Gasteiger charge is 2.34. The quantitative estimate of drug-likeness (QED) is 0.0414. The Balaban J connectivity index is 2.14. The molecule has 2 bridgehead atoms. The van der Waals surface area contributed by atoms with Crippen molar-refractivity contribution in [3.8, 4) is 5.75 Å². The molecule has 0 aliphatic carbocycles. The molecule has 2 heterocycles. The Morgan fingerprint density at radius 3 is 1.83 bits per heavy atom. The molecule has 7 unspecified atom stereocenters. The van der Waals surface area contributed by atoms with Crippen molar-refractivity contribution in [2.45, 2.75) is 108 Å². The number of aliphatic carboxylic acids is 1. The normalized spacial score (nSPS) is 24.8. The number of rotatable bonds is 13. The lowest BCUT2D eigenvalue weighted by Crippen LogP contribution is -2.59. The first-order valence-electron chi connectivity index (χ1n) is 21.1. The number of Topliss-reactive ketones (excluding diaryl/α,β-unsaturated/α-hetero) is 1. The molecule has 8 amide bonds. The Morgan fingerprint density at radius 2 is 1.24 bits per heavy atom. The number of nitrogens with zero attached hydrogens (tertiary/aromatic N) is 1. The van der Waals surface area contributed by atoms with Crippen LogP contribution < -0.4 is 54.0 Å². The number of nitrogens with one attached hydrogen (secondary N) is 8. The molecule has 2 saturated heterocycles. The van der Waals surface area contributed by atoms with E-state index in [0.29, 0.717) is 12.0 Å². The zero-order chi connectivity index (χ0) is 48.8. The lowest BCUT2D eigenvalue weighted by molar-refractivity contribution is -0.141. The van der Waals surface area contributed by atoms with Crippen molar-refractivity contribution in [1.82, 2.24) is 42.5 Å². The molecule has 26 heteroatoms. The molecule has 1 aromatic carbocycles. The fourth-order valence-electron chi connectivity index (χ4n) is 6.36. The van der Waals surface area contributed by atoms with Crippen molar-refractivity contribution in [3.05, 3.63) is 29.8 Å². The second-order valence-corrected chi connectivity index (χ2v) is 19.0. The van der Waals surface area contributed by atoms with Crippen LogP contribution in [-0.2, 0) is 54.4 Å². The van der Waals surface area contributed by atoms with Gasteiger partial charge in [0.2, 0.25) is 47.3 Å². The van der Waals surface area contributed by atoms with Gasteiger partial charge in [0.25, 0.3) is 0 Å². The summed E-state index contributed by atoms with van der Waals surface area (Å²) in [4.78, 5) is 139. The third-order valence-corrected chi connectivity index (χ3v) is 13.4. The Labute approximate surface area is 393 Å². The van der Waals surface area contributed by atoms with E-state index in [1.54, 1.807) is 0 Å². The van der Waals surface area contributed by atoms with Crippen molar-refractivity contribution in [1.29, 1.82) is 0 Å². The van der Waals surface area contributed by atoms with E-state index in [0.717, 1.165) is 46.2 Å². The first-order valence-corrected chi connectivity index (χ1v) is 24.8. The summed E-state index contributed by atoms with van der Waals surface area (Å²) in [6, 6.07) is -3.93. The standard InChI is InChI=1S/C40H59N11O12S3/c1-3-4-5-7-25-35(59)50-29-18-65-66-19-30(39(63)48-26(14-22-9-11-23(53)12-10-22)36(60)49-28(21(2)52)17-64-20-32(55)45-25)51-37(61)27(15-33(56)57)46-31(54)16-44-34(58)24(47-38(29)62)8-6-13-43-40(41)42/h9-12,24-30,53H,3-8,13-20H2,1-2H3,(H,44,58)(H,45,55)(H,46,54)(H,47,62)(H,48,63)(H,49,60)(H,50,59)(H,51,61)(H,56,57)(H4,41,42,43). The first kappa shape index (κ1) is 54.6. The molecular formula is C40H59N11O12S3. The van der Waals surface area contributed by atoms with Crippen LogP contribution in [0.25, 0.3) is 0 Å². The molecule has 2 aliphatic heterocycles. The average molecular weight is 982 g/mol. The maximum atomic E-state index is 14.2. The van der Waals surface area contributed by atoms with Gasteiger partial charge in [-0.15, -0.1) is 11.8 Å². The number of amides is 8. The predicted octanol–water partition coefficient (Wildman–Crippen LogP) is -2.72. The Morgan fingerprint density at radius 1 is 0.682 bits per heavy atom. The van der Waals surface area contributed by atoms with E-state index in [2.05, 4.69) is 47.5 Å². The van der Waals surface area contributed by atoms with Gasteiger partial charge in [-0.25, -0.2) is 0 Å². The number of unbranched alkanes of at least 4 members (excludes halogenated alkanes) is 2. The van der Waals surface area contributed by atoms with E-state index in [1.807, 2.05) is 6.92 Å². The molecule has 2 aliphatic rings. The summed E-state index contributed by atoms with van der Waals surface area (Å²) in [6.07, 6.45) is 1.23. The fourth-order valence-corrected chi connectivity index (χ4v) is 9.63. The van der Waals surface area contributed by atoms with Crippen LogP contribution in [0.2, 0.25) is 0 Å². The molecule has 0 radical (unpaired) electrons.